The van der Waals surface area contributed by atoms with Crippen molar-refractivity contribution in [3.63, 3.8) is 0 Å². The molecule has 21 heavy (non-hydrogen) atoms. The number of halogens is 2. The molecule has 0 saturated carbocycles. The van der Waals surface area contributed by atoms with Crippen molar-refractivity contribution in [2.24, 2.45) is 0 Å². The average molecular weight is 397 g/mol. The van der Waals surface area contributed by atoms with E-state index in [9.17, 15) is 9.18 Å². The molecule has 0 spiro atoms. The second kappa shape index (κ2) is 6.54. The van der Waals surface area contributed by atoms with Gasteiger partial charge in [-0.1, -0.05) is 12.1 Å². The fraction of sp³-hybridized carbons (Fsp3) is 0.0667. The van der Waals surface area contributed by atoms with Gasteiger partial charge in [-0.25, -0.2) is 9.18 Å². The van der Waals surface area contributed by atoms with Gasteiger partial charge in [0.25, 0.3) is 0 Å². The van der Waals surface area contributed by atoms with E-state index in [0.717, 1.165) is 3.57 Å². The maximum Gasteiger partial charge on any atom is 0.335 e. The summed E-state index contributed by atoms with van der Waals surface area (Å²) in [5, 5.41) is 17.7. The van der Waals surface area contributed by atoms with Crippen LogP contribution in [-0.2, 0) is 6.61 Å². The Bertz CT molecular complexity index is 740. The minimum atomic E-state index is -1.06. The molecule has 0 aromatic heterocycles. The van der Waals surface area contributed by atoms with Crippen LogP contribution in [0.3, 0.4) is 0 Å². The summed E-state index contributed by atoms with van der Waals surface area (Å²) < 4.78 is 20.1. The van der Waals surface area contributed by atoms with E-state index in [4.69, 9.17) is 15.1 Å². The first kappa shape index (κ1) is 15.3. The number of carboxylic acid groups (broad SMARTS) is 1. The Labute approximate surface area is 133 Å². The van der Waals surface area contributed by atoms with Crippen molar-refractivity contribution in [3.8, 4) is 11.8 Å². The molecule has 2 aromatic carbocycles. The van der Waals surface area contributed by atoms with Gasteiger partial charge in [0.15, 0.2) is 0 Å². The molecule has 0 amide bonds. The summed E-state index contributed by atoms with van der Waals surface area (Å²) >= 11 is 2.00. The van der Waals surface area contributed by atoms with Crippen LogP contribution in [0.5, 0.6) is 5.75 Å². The first-order valence-electron chi connectivity index (χ1n) is 5.86. The SMILES string of the molecule is N#Cc1cccc(COc2cc(C(=O)O)ccc2I)c1F. The van der Waals surface area contributed by atoms with E-state index in [-0.39, 0.29) is 23.3 Å². The molecule has 0 bridgehead atoms. The molecule has 106 valence electrons. The van der Waals surface area contributed by atoms with Gasteiger partial charge >= 0.3 is 5.97 Å². The third kappa shape index (κ3) is 3.49. The minimum Gasteiger partial charge on any atom is -0.488 e. The molecular weight excluding hydrogens is 388 g/mol. The van der Waals surface area contributed by atoms with E-state index in [0.29, 0.717) is 5.75 Å². The monoisotopic (exact) mass is 397 g/mol. The van der Waals surface area contributed by atoms with Crippen molar-refractivity contribution >= 4 is 28.6 Å². The predicted octanol–water partition coefficient (Wildman–Crippen LogP) is 3.58. The van der Waals surface area contributed by atoms with Crippen molar-refractivity contribution in [1.82, 2.24) is 0 Å². The van der Waals surface area contributed by atoms with Crippen LogP contribution in [0.2, 0.25) is 0 Å². The summed E-state index contributed by atoms with van der Waals surface area (Å²) in [5.74, 6) is -1.32. The molecule has 2 rings (SSSR count). The molecule has 0 aliphatic heterocycles. The Hall–Kier alpha value is -2.14. The number of carboxylic acids is 1. The fourth-order valence-corrected chi connectivity index (χ4v) is 2.17. The molecular formula is C15H9FINO3. The lowest BCUT2D eigenvalue weighted by atomic mass is 10.1. The number of rotatable bonds is 4. The summed E-state index contributed by atoms with van der Waals surface area (Å²) in [6.07, 6.45) is 0. The lowest BCUT2D eigenvalue weighted by molar-refractivity contribution is 0.0696. The zero-order valence-corrected chi connectivity index (χ0v) is 12.8. The largest absolute Gasteiger partial charge is 0.488 e. The van der Waals surface area contributed by atoms with Crippen LogP contribution in [0.15, 0.2) is 36.4 Å². The Morgan fingerprint density at radius 3 is 2.81 bits per heavy atom. The highest BCUT2D eigenvalue weighted by molar-refractivity contribution is 14.1. The molecule has 0 unspecified atom stereocenters. The summed E-state index contributed by atoms with van der Waals surface area (Å²) in [7, 11) is 0. The van der Waals surface area contributed by atoms with Crippen LogP contribution in [0.1, 0.15) is 21.5 Å². The lowest BCUT2D eigenvalue weighted by Gasteiger charge is -2.10. The topological polar surface area (TPSA) is 70.3 Å². The van der Waals surface area contributed by atoms with E-state index >= 15 is 0 Å². The summed E-state index contributed by atoms with van der Waals surface area (Å²) in [6.45, 7) is -0.0829. The smallest absolute Gasteiger partial charge is 0.335 e. The molecule has 6 heteroatoms. The van der Waals surface area contributed by atoms with Gasteiger partial charge in [-0.3, -0.25) is 0 Å². The van der Waals surface area contributed by atoms with Crippen LogP contribution in [0.25, 0.3) is 0 Å². The highest BCUT2D eigenvalue weighted by atomic mass is 127. The fourth-order valence-electron chi connectivity index (χ4n) is 1.68. The summed E-state index contributed by atoms with van der Waals surface area (Å²) in [6, 6.07) is 10.7. The number of hydrogen-bond acceptors (Lipinski definition) is 3. The van der Waals surface area contributed by atoms with Gasteiger partial charge in [0.05, 0.1) is 14.7 Å². The molecule has 0 aliphatic carbocycles. The molecule has 0 radical (unpaired) electrons. The van der Waals surface area contributed by atoms with Gasteiger partial charge in [0.1, 0.15) is 24.2 Å². The molecule has 0 heterocycles. The number of hydrogen-bond donors (Lipinski definition) is 1. The van der Waals surface area contributed by atoms with Crippen molar-refractivity contribution in [2.75, 3.05) is 0 Å². The highest BCUT2D eigenvalue weighted by Crippen LogP contribution is 2.24. The number of aromatic carboxylic acids is 1. The number of nitriles is 1. The van der Waals surface area contributed by atoms with Gasteiger partial charge in [-0.15, -0.1) is 0 Å². The molecule has 0 fully saturated rings. The van der Waals surface area contributed by atoms with Crippen molar-refractivity contribution in [3.05, 3.63) is 62.5 Å². The second-order valence-corrected chi connectivity index (χ2v) is 5.29. The third-order valence-corrected chi connectivity index (χ3v) is 3.65. The normalized spacial score (nSPS) is 9.95. The van der Waals surface area contributed by atoms with E-state index in [1.807, 2.05) is 22.6 Å². The maximum atomic E-state index is 13.9. The Balaban J connectivity index is 2.23. The molecule has 4 nitrogen and oxygen atoms in total. The van der Waals surface area contributed by atoms with Crippen LogP contribution < -0.4 is 4.74 Å². The van der Waals surface area contributed by atoms with Gasteiger partial charge in [-0.05, 0) is 46.9 Å². The standard InChI is InChI=1S/C15H9FINO3/c16-14-10(7-18)2-1-3-11(14)8-21-13-6-9(15(19)20)4-5-12(13)17/h1-6H,8H2,(H,19,20). The minimum absolute atomic E-state index is 0.0508. The second-order valence-electron chi connectivity index (χ2n) is 4.13. The van der Waals surface area contributed by atoms with Gasteiger partial charge in [0, 0.05) is 5.56 Å². The number of nitrogens with zero attached hydrogens (tertiary/aromatic N) is 1. The maximum absolute atomic E-state index is 13.9. The van der Waals surface area contributed by atoms with E-state index in [1.54, 1.807) is 18.2 Å². The van der Waals surface area contributed by atoms with Crippen molar-refractivity contribution < 1.29 is 19.0 Å². The zero-order valence-electron chi connectivity index (χ0n) is 10.6. The molecule has 0 aliphatic rings. The predicted molar refractivity (Wildman–Crippen MR) is 81.6 cm³/mol. The first-order chi connectivity index (χ1) is 10.0. The Morgan fingerprint density at radius 2 is 2.14 bits per heavy atom. The molecule has 0 saturated heterocycles. The van der Waals surface area contributed by atoms with E-state index in [1.165, 1.54) is 24.3 Å². The highest BCUT2D eigenvalue weighted by Gasteiger charge is 2.11. The summed E-state index contributed by atoms with van der Waals surface area (Å²) in [4.78, 5) is 10.9. The quantitative estimate of drug-likeness (QED) is 0.801. The third-order valence-electron chi connectivity index (χ3n) is 2.76. The van der Waals surface area contributed by atoms with Crippen LogP contribution in [0.4, 0.5) is 4.39 Å². The van der Waals surface area contributed by atoms with E-state index < -0.39 is 11.8 Å². The van der Waals surface area contributed by atoms with E-state index in [2.05, 4.69) is 0 Å². The Morgan fingerprint density at radius 1 is 1.38 bits per heavy atom. The van der Waals surface area contributed by atoms with Gasteiger partial charge < -0.3 is 9.84 Å². The van der Waals surface area contributed by atoms with Crippen molar-refractivity contribution in [2.45, 2.75) is 6.61 Å². The van der Waals surface area contributed by atoms with Crippen LogP contribution >= 0.6 is 22.6 Å². The van der Waals surface area contributed by atoms with Gasteiger partial charge in [-0.2, -0.15) is 5.26 Å². The van der Waals surface area contributed by atoms with Crippen molar-refractivity contribution in [1.29, 1.82) is 5.26 Å². The number of carbonyl (C=O) groups is 1. The summed E-state index contributed by atoms with van der Waals surface area (Å²) in [5.41, 5.74) is 0.285. The molecule has 0 atom stereocenters. The Kier molecular flexibility index (Phi) is 4.75. The number of benzene rings is 2. The molecule has 1 N–H and O–H groups in total. The number of ether oxygens (including phenoxy) is 1. The van der Waals surface area contributed by atoms with Crippen LogP contribution in [-0.4, -0.2) is 11.1 Å². The van der Waals surface area contributed by atoms with Crippen LogP contribution in [0, 0.1) is 20.7 Å². The molecule has 2 aromatic rings. The average Bonchev–Trinajstić information content (AvgIpc) is 2.47. The first-order valence-corrected chi connectivity index (χ1v) is 6.94. The lowest BCUT2D eigenvalue weighted by Crippen LogP contribution is -2.03. The zero-order chi connectivity index (χ0) is 15.4. The van der Waals surface area contributed by atoms with Gasteiger partial charge in [0.2, 0.25) is 0 Å².